The van der Waals surface area contributed by atoms with Gasteiger partial charge in [0.05, 0.1) is 0 Å². The Morgan fingerprint density at radius 3 is 1.18 bits per heavy atom. The molecule has 0 amide bonds. The first-order valence-electron chi connectivity index (χ1n) is 6.32. The molecule has 0 saturated carbocycles. The van der Waals surface area contributed by atoms with Crippen LogP contribution in [0.15, 0.2) is 0 Å². The molecule has 0 aromatic carbocycles. The van der Waals surface area contributed by atoms with E-state index in [1.807, 2.05) is 0 Å². The highest BCUT2D eigenvalue weighted by atomic mass is 32.2. The van der Waals surface area contributed by atoms with Crippen molar-refractivity contribution in [3.63, 3.8) is 0 Å². The van der Waals surface area contributed by atoms with Gasteiger partial charge < -0.3 is 0 Å². The largest absolute Gasteiger partial charge is 0.260 e. The molecule has 0 fully saturated rings. The molecule has 0 heterocycles. The fraction of sp³-hybridized carbons (Fsp3) is 1.00. The summed E-state index contributed by atoms with van der Waals surface area (Å²) in [5, 5.41) is 0. The molecule has 8 heteroatoms. The number of hydrogen-bond acceptors (Lipinski definition) is 5. The van der Waals surface area contributed by atoms with Gasteiger partial charge in [0.1, 0.15) is 9.84 Å². The van der Waals surface area contributed by atoms with Gasteiger partial charge in [0.15, 0.2) is 0 Å². The molecule has 0 aromatic rings. The minimum absolute atomic E-state index is 0.611. The van der Waals surface area contributed by atoms with Gasteiger partial charge in [-0.3, -0.25) is 13.2 Å². The fourth-order valence-electron chi connectivity index (χ4n) is 0. The molecule has 5 nitrogen and oxygen atoms in total. The van der Waals surface area contributed by atoms with Gasteiger partial charge in [-0.15, -0.1) is 0 Å². The van der Waals surface area contributed by atoms with Crippen LogP contribution in [-0.2, 0) is 30.4 Å². The van der Waals surface area contributed by atoms with E-state index in [2.05, 4.69) is 0 Å². The highest BCUT2D eigenvalue weighted by Crippen LogP contribution is 1.65. The van der Waals surface area contributed by atoms with E-state index in [1.165, 1.54) is 26.4 Å². The molecule has 0 aliphatic heterocycles. The number of sulfone groups is 1. The smallest absolute Gasteiger partial charge is 0.144 e. The summed E-state index contributed by atoms with van der Waals surface area (Å²) in [6, 6.07) is 0. The van der Waals surface area contributed by atoms with Gasteiger partial charge >= 0.3 is 0 Å². The van der Waals surface area contributed by atoms with Crippen molar-refractivity contribution in [1.29, 1.82) is 4.78 Å². The Kier molecular flexibility index (Phi) is 14.2. The van der Waals surface area contributed by atoms with Gasteiger partial charge in [-0.05, 0) is 0 Å². The summed E-state index contributed by atoms with van der Waals surface area (Å²) in [6.07, 6.45) is 7.36. The van der Waals surface area contributed by atoms with Crippen molar-refractivity contribution in [2.24, 2.45) is 0 Å². The SMILES string of the molecule is CS(C)(=N)=O.CS(C)(=O)=O.CS(C)=O.[3H]C([3H])(C)C.[3H][3H]. The van der Waals surface area contributed by atoms with Crippen molar-refractivity contribution >= 4 is 30.4 Å². The third-order valence-corrected chi connectivity index (χ3v) is 0. The minimum Gasteiger partial charge on any atom is -0.260 e. The molecule has 0 saturated heterocycles. The summed E-state index contributed by atoms with van der Waals surface area (Å²) in [5.74, 6) is 0. The first-order chi connectivity index (χ1) is 8.73. The van der Waals surface area contributed by atoms with E-state index in [0.717, 1.165) is 12.5 Å². The molecule has 17 heavy (non-hydrogen) atoms. The summed E-state index contributed by atoms with van der Waals surface area (Å²) >= 11 is 0. The second-order valence-corrected chi connectivity index (χ2v) is 9.85. The zero-order valence-corrected chi connectivity index (χ0v) is 14.3. The topological polar surface area (TPSA) is 92.1 Å². The second-order valence-electron chi connectivity index (χ2n) is 3.62. The molecular formula is C9H29NO4S3. The lowest BCUT2D eigenvalue weighted by Gasteiger charge is -1.75. The monoisotopic (exact) mass is 319 g/mol. The van der Waals surface area contributed by atoms with Gasteiger partial charge in [0.2, 0.25) is 0 Å². The molecule has 0 unspecified atom stereocenters. The maximum absolute atomic E-state index is 9.85. The molecular weight excluding hydrogens is 282 g/mol. The predicted octanol–water partition coefficient (Wildman–Crippen LogP) is 1.61. The van der Waals surface area contributed by atoms with Crippen LogP contribution in [0.1, 0.15) is 25.9 Å². The van der Waals surface area contributed by atoms with Gasteiger partial charge in [-0.2, -0.15) is 0 Å². The summed E-state index contributed by atoms with van der Waals surface area (Å²) in [5.41, 5.74) is 0. The van der Waals surface area contributed by atoms with Crippen molar-refractivity contribution in [1.82, 2.24) is 0 Å². The molecule has 1 N–H and O–H groups in total. The molecule has 0 aromatic heterocycles. The summed E-state index contributed by atoms with van der Waals surface area (Å²) < 4.78 is 68.3. The quantitative estimate of drug-likeness (QED) is 0.734. The molecule has 0 aliphatic rings. The Bertz CT molecular complexity index is 374. The minimum atomic E-state index is -2.67. The summed E-state index contributed by atoms with van der Waals surface area (Å²) in [7, 11) is -5.44. The zero-order chi connectivity index (χ0) is 19.1. The normalized spacial score (nSPS) is 13.0. The average Bonchev–Trinajstić information content (AvgIpc) is 1.94. The molecule has 0 atom stereocenters. The van der Waals surface area contributed by atoms with Crippen molar-refractivity contribution in [2.75, 3.05) is 37.5 Å². The maximum Gasteiger partial charge on any atom is 0.144 e. The summed E-state index contributed by atoms with van der Waals surface area (Å²) in [4.78, 5) is 0. The Hall–Kier alpha value is 0.0500. The first kappa shape index (κ1) is 17.1. The van der Waals surface area contributed by atoms with Crippen molar-refractivity contribution in [2.45, 2.75) is 20.2 Å². The van der Waals surface area contributed by atoms with Gasteiger partial charge in [0, 0.05) is 63.8 Å². The first-order valence-corrected chi connectivity index (χ1v) is 11.0. The number of hydrogen-bond donors (Lipinski definition) is 1. The van der Waals surface area contributed by atoms with Gasteiger partial charge in [-0.25, -0.2) is 8.42 Å². The lowest BCUT2D eigenvalue weighted by molar-refractivity contribution is 0.607. The fourth-order valence-corrected chi connectivity index (χ4v) is 0. The van der Waals surface area contributed by atoms with Crippen molar-refractivity contribution in [3.05, 3.63) is 0 Å². The second kappa shape index (κ2) is 14.1. The van der Waals surface area contributed by atoms with Crippen LogP contribution in [0.25, 0.3) is 0 Å². The molecule has 0 bridgehead atoms. The van der Waals surface area contributed by atoms with E-state index >= 15 is 0 Å². The van der Waals surface area contributed by atoms with Crippen LogP contribution in [0.3, 0.4) is 0 Å². The predicted molar refractivity (Wildman–Crippen MR) is 81.5 cm³/mol. The van der Waals surface area contributed by atoms with E-state index < -0.39 is 36.7 Å². The van der Waals surface area contributed by atoms with Gasteiger partial charge in [-0.1, -0.05) is 20.2 Å². The zero-order valence-electron chi connectivity index (χ0n) is 15.9. The maximum atomic E-state index is 9.85. The highest BCUT2D eigenvalue weighted by Gasteiger charge is 1.79. The van der Waals surface area contributed by atoms with Crippen LogP contribution >= 0.6 is 0 Å². The van der Waals surface area contributed by atoms with Crippen molar-refractivity contribution < 1.29 is 22.5 Å². The summed E-state index contributed by atoms with van der Waals surface area (Å²) in [6.45, 7) is 3.04. The van der Waals surface area contributed by atoms with E-state index in [9.17, 15) is 16.8 Å². The Balaban J connectivity index is -0.0000000522. The van der Waals surface area contributed by atoms with Crippen molar-refractivity contribution in [3.8, 4) is 0 Å². The Morgan fingerprint density at radius 2 is 1.18 bits per heavy atom. The molecule has 0 aliphatic carbocycles. The van der Waals surface area contributed by atoms with Crippen LogP contribution < -0.4 is 0 Å². The van der Waals surface area contributed by atoms with Crippen LogP contribution in [0, 0.1) is 4.78 Å². The third-order valence-electron chi connectivity index (χ3n) is 0. The Labute approximate surface area is 116 Å². The van der Waals surface area contributed by atoms with Crippen LogP contribution in [0.4, 0.5) is 0 Å². The van der Waals surface area contributed by atoms with E-state index in [4.69, 9.17) is 10.5 Å². The molecule has 0 radical (unpaired) electrons. The molecule has 0 spiro atoms. The van der Waals surface area contributed by atoms with Crippen LogP contribution in [-0.4, -0.2) is 54.4 Å². The standard InChI is InChI=1S/C3H8.C2H7NOS.C2H6O2S.C2H6OS.H2/c1-3-2;2*1-5(2,3)4;1-4(2)3;/h3H2,1-2H3;3H,1-2H3;1-2H3;1-2H3;1H/i3T2;;;;1+2T. The van der Waals surface area contributed by atoms with E-state index in [1.54, 1.807) is 12.5 Å². The van der Waals surface area contributed by atoms with Crippen LogP contribution in [0.2, 0.25) is 0 Å². The Morgan fingerprint density at radius 1 is 1.18 bits per heavy atom. The lowest BCUT2D eigenvalue weighted by atomic mass is 10.6. The van der Waals surface area contributed by atoms with E-state index in [0.29, 0.717) is 0 Å². The average molecular weight is 320 g/mol. The van der Waals surface area contributed by atoms with Gasteiger partial charge in [0.25, 0.3) is 0 Å². The van der Waals surface area contributed by atoms with E-state index in [-0.39, 0.29) is 0 Å². The highest BCUT2D eigenvalue weighted by molar-refractivity contribution is 7.91. The molecule has 0 rings (SSSR count). The third kappa shape index (κ3) is 1270000. The van der Waals surface area contributed by atoms with Crippen LogP contribution in [0.5, 0.6) is 0 Å². The number of nitrogens with one attached hydrogen (secondary N) is 1. The lowest BCUT2D eigenvalue weighted by Crippen LogP contribution is -1.86. The number of rotatable bonds is 0. The molecule has 112 valence electrons.